The standard InChI is InChI=1S/C20H40O5/c1-19(2,3)17-15-24-13-11-22-9-7-21-8-10-23-12-14-25-16-18(17)20(4,5)6/h17-18H,7-16H2,1-6H3/t17-,18?/m1/s1. The van der Waals surface area contributed by atoms with Gasteiger partial charge in [0.05, 0.1) is 66.1 Å². The van der Waals surface area contributed by atoms with Crippen LogP contribution < -0.4 is 0 Å². The average molecular weight is 361 g/mol. The Morgan fingerprint density at radius 3 is 0.920 bits per heavy atom. The summed E-state index contributed by atoms with van der Waals surface area (Å²) in [6.07, 6.45) is 0. The fourth-order valence-electron chi connectivity index (χ4n) is 3.14. The van der Waals surface area contributed by atoms with E-state index in [2.05, 4.69) is 41.5 Å². The first-order valence-corrected chi connectivity index (χ1v) is 9.61. The van der Waals surface area contributed by atoms with Crippen LogP contribution in [0.15, 0.2) is 0 Å². The molecular weight excluding hydrogens is 320 g/mol. The fraction of sp³-hybridized carbons (Fsp3) is 1.00. The van der Waals surface area contributed by atoms with Crippen LogP contribution in [-0.2, 0) is 23.7 Å². The second-order valence-electron chi connectivity index (χ2n) is 8.93. The molecule has 0 aliphatic carbocycles. The predicted molar refractivity (Wildman–Crippen MR) is 100.0 cm³/mol. The van der Waals surface area contributed by atoms with E-state index >= 15 is 0 Å². The summed E-state index contributed by atoms with van der Waals surface area (Å²) >= 11 is 0. The Kier molecular flexibility index (Phi) is 10.5. The van der Waals surface area contributed by atoms with Gasteiger partial charge in [-0.2, -0.15) is 0 Å². The summed E-state index contributed by atoms with van der Waals surface area (Å²) in [5.41, 5.74) is 0.296. The molecule has 1 heterocycles. The molecule has 150 valence electrons. The zero-order valence-corrected chi connectivity index (χ0v) is 17.3. The molecule has 0 radical (unpaired) electrons. The van der Waals surface area contributed by atoms with Crippen molar-refractivity contribution in [2.75, 3.05) is 66.1 Å². The molecule has 0 amide bonds. The topological polar surface area (TPSA) is 46.2 Å². The third-order valence-electron chi connectivity index (χ3n) is 4.79. The van der Waals surface area contributed by atoms with E-state index in [-0.39, 0.29) is 10.8 Å². The van der Waals surface area contributed by atoms with Gasteiger partial charge in [-0.25, -0.2) is 0 Å². The van der Waals surface area contributed by atoms with Crippen LogP contribution in [-0.4, -0.2) is 66.1 Å². The Bertz CT molecular complexity index is 300. The molecule has 25 heavy (non-hydrogen) atoms. The highest BCUT2D eigenvalue weighted by Gasteiger charge is 2.39. The molecule has 1 rings (SSSR count). The van der Waals surface area contributed by atoms with Crippen LogP contribution in [0.4, 0.5) is 0 Å². The van der Waals surface area contributed by atoms with Crippen LogP contribution in [0.2, 0.25) is 0 Å². The molecule has 1 saturated heterocycles. The molecule has 0 bridgehead atoms. The van der Waals surface area contributed by atoms with Crippen molar-refractivity contribution in [2.24, 2.45) is 22.7 Å². The van der Waals surface area contributed by atoms with Gasteiger partial charge in [0.1, 0.15) is 0 Å². The van der Waals surface area contributed by atoms with Crippen molar-refractivity contribution in [2.45, 2.75) is 41.5 Å². The second kappa shape index (κ2) is 11.5. The first-order chi connectivity index (χ1) is 11.7. The first kappa shape index (κ1) is 22.8. The van der Waals surface area contributed by atoms with Crippen LogP contribution in [0.1, 0.15) is 41.5 Å². The van der Waals surface area contributed by atoms with Crippen LogP contribution in [0, 0.1) is 22.7 Å². The minimum absolute atomic E-state index is 0.148. The summed E-state index contributed by atoms with van der Waals surface area (Å²) in [5, 5.41) is 0. The van der Waals surface area contributed by atoms with E-state index in [9.17, 15) is 0 Å². The Hall–Kier alpha value is -0.200. The highest BCUT2D eigenvalue weighted by atomic mass is 16.6. The molecule has 1 fully saturated rings. The van der Waals surface area contributed by atoms with E-state index < -0.39 is 0 Å². The Morgan fingerprint density at radius 2 is 0.680 bits per heavy atom. The quantitative estimate of drug-likeness (QED) is 0.662. The van der Waals surface area contributed by atoms with Gasteiger partial charge >= 0.3 is 0 Å². The molecule has 0 aromatic carbocycles. The Labute approximate surface area is 154 Å². The highest BCUT2D eigenvalue weighted by molar-refractivity contribution is 4.87. The number of hydrogen-bond acceptors (Lipinski definition) is 5. The van der Waals surface area contributed by atoms with E-state index in [1.54, 1.807) is 0 Å². The lowest BCUT2D eigenvalue weighted by Crippen LogP contribution is -2.41. The normalized spacial score (nSPS) is 27.6. The lowest BCUT2D eigenvalue weighted by molar-refractivity contribution is -0.0622. The highest BCUT2D eigenvalue weighted by Crippen LogP contribution is 2.41. The summed E-state index contributed by atoms with van der Waals surface area (Å²) in [7, 11) is 0. The van der Waals surface area contributed by atoms with Crippen LogP contribution in [0.5, 0.6) is 0 Å². The summed E-state index contributed by atoms with van der Waals surface area (Å²) in [6.45, 7) is 20.0. The molecule has 1 unspecified atom stereocenters. The van der Waals surface area contributed by atoms with E-state index in [1.807, 2.05) is 0 Å². The van der Waals surface area contributed by atoms with Gasteiger partial charge in [0.2, 0.25) is 0 Å². The number of ether oxygens (including phenoxy) is 5. The van der Waals surface area contributed by atoms with E-state index in [1.165, 1.54) is 0 Å². The lowest BCUT2D eigenvalue weighted by atomic mass is 9.65. The monoisotopic (exact) mass is 360 g/mol. The summed E-state index contributed by atoms with van der Waals surface area (Å²) in [6, 6.07) is 0. The maximum atomic E-state index is 5.98. The van der Waals surface area contributed by atoms with Crippen molar-refractivity contribution in [3.63, 3.8) is 0 Å². The van der Waals surface area contributed by atoms with Crippen molar-refractivity contribution >= 4 is 0 Å². The zero-order valence-electron chi connectivity index (χ0n) is 17.3. The molecule has 0 aromatic heterocycles. The zero-order chi connectivity index (χ0) is 18.8. The van der Waals surface area contributed by atoms with Crippen molar-refractivity contribution < 1.29 is 23.7 Å². The molecule has 5 heteroatoms. The summed E-state index contributed by atoms with van der Waals surface area (Å²) < 4.78 is 28.5. The van der Waals surface area contributed by atoms with E-state index in [0.717, 1.165) is 13.2 Å². The Morgan fingerprint density at radius 1 is 0.440 bits per heavy atom. The SMILES string of the molecule is CC(C)(C)C1COCCOCCOCCOCCOC[C@H]1C(C)(C)C. The van der Waals surface area contributed by atoms with Gasteiger partial charge < -0.3 is 23.7 Å². The Balaban J connectivity index is 2.71. The van der Waals surface area contributed by atoms with Gasteiger partial charge in [-0.3, -0.25) is 0 Å². The molecule has 0 N–H and O–H groups in total. The van der Waals surface area contributed by atoms with Crippen molar-refractivity contribution in [1.29, 1.82) is 0 Å². The fourth-order valence-corrected chi connectivity index (χ4v) is 3.14. The molecule has 0 spiro atoms. The summed E-state index contributed by atoms with van der Waals surface area (Å²) in [4.78, 5) is 0. The van der Waals surface area contributed by atoms with Gasteiger partial charge in [0.25, 0.3) is 0 Å². The summed E-state index contributed by atoms with van der Waals surface area (Å²) in [5.74, 6) is 0.819. The van der Waals surface area contributed by atoms with E-state index in [4.69, 9.17) is 23.7 Å². The molecule has 1 aliphatic rings. The van der Waals surface area contributed by atoms with Gasteiger partial charge in [-0.1, -0.05) is 41.5 Å². The molecule has 1 aliphatic heterocycles. The largest absolute Gasteiger partial charge is 0.379 e. The number of hydrogen-bond donors (Lipinski definition) is 0. The molecule has 5 nitrogen and oxygen atoms in total. The third kappa shape index (κ3) is 9.90. The van der Waals surface area contributed by atoms with Crippen LogP contribution >= 0.6 is 0 Å². The predicted octanol–water partition coefficient (Wildman–Crippen LogP) is 3.41. The molecule has 2 atom stereocenters. The minimum Gasteiger partial charge on any atom is -0.379 e. The average Bonchev–Trinajstić information content (AvgIpc) is 2.49. The van der Waals surface area contributed by atoms with Crippen LogP contribution in [0.25, 0.3) is 0 Å². The second-order valence-corrected chi connectivity index (χ2v) is 8.93. The van der Waals surface area contributed by atoms with Crippen molar-refractivity contribution in [3.05, 3.63) is 0 Å². The van der Waals surface area contributed by atoms with Crippen molar-refractivity contribution in [1.82, 2.24) is 0 Å². The van der Waals surface area contributed by atoms with Gasteiger partial charge in [-0.05, 0) is 22.7 Å². The molecule has 0 aromatic rings. The van der Waals surface area contributed by atoms with Gasteiger partial charge in [-0.15, -0.1) is 0 Å². The third-order valence-corrected chi connectivity index (χ3v) is 4.79. The van der Waals surface area contributed by atoms with E-state index in [0.29, 0.717) is 64.7 Å². The minimum atomic E-state index is 0.148. The van der Waals surface area contributed by atoms with Gasteiger partial charge in [0, 0.05) is 0 Å². The van der Waals surface area contributed by atoms with Crippen LogP contribution in [0.3, 0.4) is 0 Å². The molecule has 0 saturated carbocycles. The van der Waals surface area contributed by atoms with Crippen molar-refractivity contribution in [3.8, 4) is 0 Å². The van der Waals surface area contributed by atoms with Gasteiger partial charge in [0.15, 0.2) is 0 Å². The lowest BCUT2D eigenvalue weighted by Gasteiger charge is -2.43. The number of rotatable bonds is 0. The maximum absolute atomic E-state index is 5.98. The smallest absolute Gasteiger partial charge is 0.0701 e. The molecular formula is C20H40O5. The first-order valence-electron chi connectivity index (χ1n) is 9.61. The maximum Gasteiger partial charge on any atom is 0.0701 e.